The van der Waals surface area contributed by atoms with Crippen molar-refractivity contribution >= 4 is 22.6 Å². The van der Waals surface area contributed by atoms with Gasteiger partial charge in [0.1, 0.15) is 6.61 Å². The number of nitrogens with one attached hydrogen (secondary N) is 1. The summed E-state index contributed by atoms with van der Waals surface area (Å²) >= 11 is 0. The molecule has 1 aliphatic heterocycles. The van der Waals surface area contributed by atoms with Gasteiger partial charge in [0, 0.05) is 12.4 Å². The summed E-state index contributed by atoms with van der Waals surface area (Å²) < 4.78 is 7.28. The highest BCUT2D eigenvalue weighted by molar-refractivity contribution is 6.00. The molecular weight excluding hydrogens is 216 g/mol. The number of anilines is 1. The highest BCUT2D eigenvalue weighted by Crippen LogP contribution is 2.23. The van der Waals surface area contributed by atoms with Gasteiger partial charge in [0.25, 0.3) is 6.02 Å². The lowest BCUT2D eigenvalue weighted by molar-refractivity contribution is 0.322. The molecule has 1 atom stereocenters. The monoisotopic (exact) mass is 230 g/mol. The molecule has 1 N–H and O–H groups in total. The van der Waals surface area contributed by atoms with Crippen molar-refractivity contribution in [3.8, 4) is 0 Å². The number of benzene rings is 1. The van der Waals surface area contributed by atoms with E-state index >= 15 is 0 Å². The third kappa shape index (κ3) is 1.73. The SMILES string of the molecule is CC1COC(Nc2cccc3c2cnn3C)=N1. The van der Waals surface area contributed by atoms with Gasteiger partial charge >= 0.3 is 0 Å². The van der Waals surface area contributed by atoms with Gasteiger partial charge in [0.2, 0.25) is 0 Å². The zero-order chi connectivity index (χ0) is 11.8. The van der Waals surface area contributed by atoms with Crippen LogP contribution in [0.2, 0.25) is 0 Å². The molecule has 0 amide bonds. The molecule has 0 spiro atoms. The van der Waals surface area contributed by atoms with Gasteiger partial charge < -0.3 is 10.1 Å². The summed E-state index contributed by atoms with van der Waals surface area (Å²) in [6, 6.07) is 6.84. The maximum Gasteiger partial charge on any atom is 0.289 e. The minimum absolute atomic E-state index is 0.227. The molecule has 0 bridgehead atoms. The number of hydrogen-bond acceptors (Lipinski definition) is 4. The van der Waals surface area contributed by atoms with Crippen molar-refractivity contribution in [3.63, 3.8) is 0 Å². The largest absolute Gasteiger partial charge is 0.463 e. The Bertz CT molecular complexity index is 587. The van der Waals surface area contributed by atoms with Crippen molar-refractivity contribution in [1.29, 1.82) is 0 Å². The van der Waals surface area contributed by atoms with Crippen molar-refractivity contribution in [2.75, 3.05) is 11.9 Å². The van der Waals surface area contributed by atoms with Gasteiger partial charge in [-0.25, -0.2) is 4.99 Å². The maximum absolute atomic E-state index is 5.44. The Morgan fingerprint density at radius 2 is 2.35 bits per heavy atom. The minimum atomic E-state index is 0.227. The van der Waals surface area contributed by atoms with Gasteiger partial charge in [-0.15, -0.1) is 0 Å². The van der Waals surface area contributed by atoms with E-state index in [2.05, 4.69) is 15.4 Å². The Balaban J connectivity index is 1.98. The van der Waals surface area contributed by atoms with E-state index in [4.69, 9.17) is 4.74 Å². The summed E-state index contributed by atoms with van der Waals surface area (Å²) in [4.78, 5) is 4.35. The Labute approximate surface area is 99.1 Å². The molecule has 0 saturated heterocycles. The molecule has 5 heteroatoms. The van der Waals surface area contributed by atoms with Crippen molar-refractivity contribution in [1.82, 2.24) is 9.78 Å². The predicted molar refractivity (Wildman–Crippen MR) is 67.2 cm³/mol. The molecular formula is C12H14N4O. The van der Waals surface area contributed by atoms with Crippen molar-refractivity contribution < 1.29 is 4.74 Å². The fourth-order valence-electron chi connectivity index (χ4n) is 1.94. The zero-order valence-corrected chi connectivity index (χ0v) is 9.84. The Kier molecular flexibility index (Phi) is 2.24. The van der Waals surface area contributed by atoms with Crippen LogP contribution in [0.4, 0.5) is 5.69 Å². The van der Waals surface area contributed by atoms with Gasteiger partial charge in [0.15, 0.2) is 0 Å². The molecule has 1 aromatic heterocycles. The second-order valence-corrected chi connectivity index (χ2v) is 4.23. The van der Waals surface area contributed by atoms with E-state index in [9.17, 15) is 0 Å². The van der Waals surface area contributed by atoms with Gasteiger partial charge in [-0.3, -0.25) is 4.68 Å². The molecule has 2 aromatic rings. The molecule has 3 rings (SSSR count). The van der Waals surface area contributed by atoms with Crippen LogP contribution in [0.25, 0.3) is 10.9 Å². The lowest BCUT2D eigenvalue weighted by Gasteiger charge is -2.06. The quantitative estimate of drug-likeness (QED) is 0.812. The molecule has 0 radical (unpaired) electrons. The molecule has 5 nitrogen and oxygen atoms in total. The van der Waals surface area contributed by atoms with E-state index in [0.29, 0.717) is 12.6 Å². The second kappa shape index (κ2) is 3.76. The van der Waals surface area contributed by atoms with E-state index in [1.807, 2.05) is 43.0 Å². The number of amidine groups is 1. The van der Waals surface area contributed by atoms with Crippen LogP contribution in [0.15, 0.2) is 29.4 Å². The number of rotatable bonds is 1. The molecule has 1 aliphatic rings. The predicted octanol–water partition coefficient (Wildman–Crippen LogP) is 1.76. The van der Waals surface area contributed by atoms with Gasteiger partial charge in [-0.05, 0) is 19.1 Å². The van der Waals surface area contributed by atoms with Crippen LogP contribution < -0.4 is 5.32 Å². The summed E-state index contributed by atoms with van der Waals surface area (Å²) in [7, 11) is 1.93. The fraction of sp³-hybridized carbons (Fsp3) is 0.333. The highest BCUT2D eigenvalue weighted by atomic mass is 16.5. The summed E-state index contributed by atoms with van der Waals surface area (Å²) in [5.74, 6) is 0. The summed E-state index contributed by atoms with van der Waals surface area (Å²) in [6.45, 7) is 2.67. The fourth-order valence-corrected chi connectivity index (χ4v) is 1.94. The van der Waals surface area contributed by atoms with E-state index < -0.39 is 0 Å². The van der Waals surface area contributed by atoms with Crippen LogP contribution in [-0.4, -0.2) is 28.5 Å². The van der Waals surface area contributed by atoms with E-state index in [0.717, 1.165) is 16.6 Å². The number of aryl methyl sites for hydroxylation is 1. The summed E-state index contributed by atoms with van der Waals surface area (Å²) in [5, 5.41) is 8.51. The molecule has 1 aromatic carbocycles. The Morgan fingerprint density at radius 3 is 3.12 bits per heavy atom. The van der Waals surface area contributed by atoms with Crippen LogP contribution in [0.3, 0.4) is 0 Å². The first-order chi connectivity index (χ1) is 8.24. The first-order valence-corrected chi connectivity index (χ1v) is 5.62. The van der Waals surface area contributed by atoms with Gasteiger partial charge in [0.05, 0.1) is 23.4 Å². The van der Waals surface area contributed by atoms with E-state index in [1.54, 1.807) is 0 Å². The summed E-state index contributed by atoms with van der Waals surface area (Å²) in [6.07, 6.45) is 1.84. The third-order valence-electron chi connectivity index (χ3n) is 2.83. The number of fused-ring (bicyclic) bond motifs is 1. The maximum atomic E-state index is 5.44. The Morgan fingerprint density at radius 1 is 1.47 bits per heavy atom. The molecule has 1 unspecified atom stereocenters. The number of aromatic nitrogens is 2. The topological polar surface area (TPSA) is 51.4 Å². The Hall–Kier alpha value is -2.04. The average molecular weight is 230 g/mol. The van der Waals surface area contributed by atoms with Crippen LogP contribution in [0.5, 0.6) is 0 Å². The number of nitrogens with zero attached hydrogens (tertiary/aromatic N) is 3. The number of hydrogen-bond donors (Lipinski definition) is 1. The minimum Gasteiger partial charge on any atom is -0.463 e. The normalized spacial score (nSPS) is 19.2. The average Bonchev–Trinajstić information content (AvgIpc) is 2.88. The first kappa shape index (κ1) is 10.1. The second-order valence-electron chi connectivity index (χ2n) is 4.23. The van der Waals surface area contributed by atoms with Crippen LogP contribution in [-0.2, 0) is 11.8 Å². The summed E-state index contributed by atoms with van der Waals surface area (Å²) in [5.41, 5.74) is 2.06. The highest BCUT2D eigenvalue weighted by Gasteiger charge is 2.15. The number of aliphatic imine (C=N–C) groups is 1. The molecule has 0 fully saturated rings. The molecule has 2 heterocycles. The van der Waals surface area contributed by atoms with Gasteiger partial charge in [-0.1, -0.05) is 6.07 Å². The lowest BCUT2D eigenvalue weighted by atomic mass is 10.2. The van der Waals surface area contributed by atoms with Gasteiger partial charge in [-0.2, -0.15) is 5.10 Å². The van der Waals surface area contributed by atoms with Crippen molar-refractivity contribution in [2.24, 2.45) is 12.0 Å². The van der Waals surface area contributed by atoms with E-state index in [1.165, 1.54) is 0 Å². The zero-order valence-electron chi connectivity index (χ0n) is 9.84. The molecule has 0 saturated carbocycles. The smallest absolute Gasteiger partial charge is 0.289 e. The standard InChI is InChI=1S/C12H14N4O/c1-8-7-17-12(14-8)15-10-4-3-5-11-9(10)6-13-16(11)2/h3-6,8H,7H2,1-2H3,(H,14,15). The van der Waals surface area contributed by atoms with Crippen molar-refractivity contribution in [2.45, 2.75) is 13.0 Å². The molecule has 17 heavy (non-hydrogen) atoms. The van der Waals surface area contributed by atoms with Crippen LogP contribution >= 0.6 is 0 Å². The lowest BCUT2D eigenvalue weighted by Crippen LogP contribution is -2.11. The van der Waals surface area contributed by atoms with Crippen LogP contribution in [0, 0.1) is 0 Å². The molecule has 0 aliphatic carbocycles. The number of ether oxygens (including phenoxy) is 1. The van der Waals surface area contributed by atoms with Crippen LogP contribution in [0.1, 0.15) is 6.92 Å². The van der Waals surface area contributed by atoms with Crippen molar-refractivity contribution in [3.05, 3.63) is 24.4 Å². The van der Waals surface area contributed by atoms with E-state index in [-0.39, 0.29) is 6.04 Å². The first-order valence-electron chi connectivity index (χ1n) is 5.62. The molecule has 88 valence electrons. The third-order valence-corrected chi connectivity index (χ3v) is 2.83.